The third kappa shape index (κ3) is 5.70. The molecule has 0 radical (unpaired) electrons. The number of carbonyl (C=O) groups is 2. The molecule has 5 rings (SSSR count). The Morgan fingerprint density at radius 1 is 1.18 bits per heavy atom. The maximum Gasteiger partial charge on any atom is 0.404 e. The first-order valence-electron chi connectivity index (χ1n) is 12.8. The number of alkyl halides is 3. The molecule has 40 heavy (non-hydrogen) atoms. The average Bonchev–Trinajstić information content (AvgIpc) is 3.25. The van der Waals surface area contributed by atoms with Gasteiger partial charge in [-0.05, 0) is 37.5 Å². The van der Waals surface area contributed by atoms with Crippen LogP contribution in [0, 0.1) is 11.8 Å². The summed E-state index contributed by atoms with van der Waals surface area (Å²) in [6, 6.07) is 3.83. The SMILES string of the molecule is C[C@H](NS(=O)(=O)c1ncc(-c2sc(C(=O)NC3CC(C(=O)O)C3)nc2CC2CCC2)c2ccccc12)C(F)(F)F. The lowest BCUT2D eigenvalue weighted by molar-refractivity contribution is -0.147. The molecule has 2 aromatic heterocycles. The van der Waals surface area contributed by atoms with E-state index < -0.39 is 45.1 Å². The summed E-state index contributed by atoms with van der Waals surface area (Å²) < 4.78 is 66.8. The molecular formula is C26H27F3N4O5S2. The number of carboxylic acid groups (broad SMARTS) is 1. The third-order valence-electron chi connectivity index (χ3n) is 7.50. The van der Waals surface area contributed by atoms with Crippen molar-refractivity contribution in [2.75, 3.05) is 0 Å². The Morgan fingerprint density at radius 2 is 1.85 bits per heavy atom. The number of halogens is 3. The highest BCUT2D eigenvalue weighted by Crippen LogP contribution is 2.40. The number of aliphatic carboxylic acids is 1. The van der Waals surface area contributed by atoms with Crippen LogP contribution in [0.3, 0.4) is 0 Å². The summed E-state index contributed by atoms with van der Waals surface area (Å²) >= 11 is 1.13. The fourth-order valence-corrected chi connectivity index (χ4v) is 7.26. The standard InChI is InChI=1S/C26H27F3N4O5S2/c1-13(26(27,28)29)33-40(37,38)24-18-8-3-2-7-17(18)19(12-30-24)21-20(9-14-5-4-6-14)32-23(39-21)22(34)31-16-10-15(11-16)25(35)36/h2-3,7-8,12-16,33H,4-6,9-11H2,1H3,(H,31,34)(H,35,36)/t13-,15?,16?/m0/s1. The molecule has 0 bridgehead atoms. The number of sulfonamides is 1. The molecule has 1 aromatic carbocycles. The van der Waals surface area contributed by atoms with E-state index in [1.54, 1.807) is 22.9 Å². The van der Waals surface area contributed by atoms with Gasteiger partial charge in [-0.2, -0.15) is 17.9 Å². The van der Waals surface area contributed by atoms with Gasteiger partial charge in [0.1, 0.15) is 6.04 Å². The number of carbonyl (C=O) groups excluding carboxylic acids is 1. The lowest BCUT2D eigenvalue weighted by atomic mass is 9.80. The Morgan fingerprint density at radius 3 is 2.45 bits per heavy atom. The summed E-state index contributed by atoms with van der Waals surface area (Å²) in [6.07, 6.45) is 0.990. The summed E-state index contributed by atoms with van der Waals surface area (Å²) in [4.78, 5) is 33.5. The number of pyridine rings is 1. The quantitative estimate of drug-likeness (QED) is 0.330. The van der Waals surface area contributed by atoms with Gasteiger partial charge in [0, 0.05) is 23.2 Å². The van der Waals surface area contributed by atoms with Crippen molar-refractivity contribution in [2.45, 2.75) is 68.7 Å². The summed E-state index contributed by atoms with van der Waals surface area (Å²) in [5, 5.41) is 12.2. The van der Waals surface area contributed by atoms with Crippen molar-refractivity contribution in [1.82, 2.24) is 20.0 Å². The van der Waals surface area contributed by atoms with E-state index in [0.29, 0.717) is 46.7 Å². The topological polar surface area (TPSA) is 138 Å². The van der Waals surface area contributed by atoms with Crippen molar-refractivity contribution >= 4 is 44.0 Å². The van der Waals surface area contributed by atoms with Gasteiger partial charge in [-0.25, -0.2) is 18.4 Å². The molecule has 214 valence electrons. The highest BCUT2D eigenvalue weighted by Gasteiger charge is 2.40. The maximum atomic E-state index is 13.1. The van der Waals surface area contributed by atoms with Gasteiger partial charge in [0.2, 0.25) is 0 Å². The van der Waals surface area contributed by atoms with E-state index in [1.807, 2.05) is 0 Å². The predicted octanol–water partition coefficient (Wildman–Crippen LogP) is 4.52. The number of amides is 1. The first kappa shape index (κ1) is 28.4. The normalized spacial score (nSPS) is 20.5. The smallest absolute Gasteiger partial charge is 0.404 e. The number of nitrogens with zero attached hydrogens (tertiary/aromatic N) is 2. The zero-order valence-corrected chi connectivity index (χ0v) is 23.0. The molecule has 2 saturated carbocycles. The molecule has 2 heterocycles. The minimum absolute atomic E-state index is 0.144. The second kappa shape index (κ2) is 10.7. The van der Waals surface area contributed by atoms with Crippen LogP contribution in [0.15, 0.2) is 35.5 Å². The Balaban J connectivity index is 1.51. The monoisotopic (exact) mass is 596 g/mol. The first-order chi connectivity index (χ1) is 18.8. The zero-order valence-electron chi connectivity index (χ0n) is 21.4. The number of hydrogen-bond acceptors (Lipinski definition) is 7. The van der Waals surface area contributed by atoms with Gasteiger partial charge >= 0.3 is 12.1 Å². The largest absolute Gasteiger partial charge is 0.481 e. The molecule has 1 amide bonds. The fourth-order valence-electron chi connectivity index (χ4n) is 4.87. The predicted molar refractivity (Wildman–Crippen MR) is 141 cm³/mol. The number of aromatic nitrogens is 2. The molecule has 9 nitrogen and oxygen atoms in total. The summed E-state index contributed by atoms with van der Waals surface area (Å²) in [5.41, 5.74) is 1.20. The second-order valence-electron chi connectivity index (χ2n) is 10.4. The molecule has 0 unspecified atom stereocenters. The van der Waals surface area contributed by atoms with Gasteiger partial charge in [0.05, 0.1) is 16.5 Å². The molecule has 1 atom stereocenters. The number of nitrogens with one attached hydrogen (secondary N) is 2. The second-order valence-corrected chi connectivity index (χ2v) is 13.0. The third-order valence-corrected chi connectivity index (χ3v) is 10.1. The van der Waals surface area contributed by atoms with Crippen LogP contribution in [-0.4, -0.2) is 53.6 Å². The number of carboxylic acids is 1. The van der Waals surface area contributed by atoms with E-state index in [2.05, 4.69) is 15.3 Å². The van der Waals surface area contributed by atoms with Crippen molar-refractivity contribution in [2.24, 2.45) is 11.8 Å². The van der Waals surface area contributed by atoms with Crippen LogP contribution in [0.1, 0.15) is 54.5 Å². The Kier molecular flexibility index (Phi) is 7.61. The molecule has 3 aromatic rings. The number of fused-ring (bicyclic) bond motifs is 1. The Labute approximate surface area is 232 Å². The minimum atomic E-state index is -4.77. The molecule has 3 N–H and O–H groups in total. The summed E-state index contributed by atoms with van der Waals surface area (Å²) in [6.45, 7) is 0.718. The van der Waals surface area contributed by atoms with Crippen LogP contribution in [-0.2, 0) is 21.2 Å². The van der Waals surface area contributed by atoms with Crippen LogP contribution < -0.4 is 10.0 Å². The van der Waals surface area contributed by atoms with E-state index in [-0.39, 0.29) is 16.4 Å². The molecular weight excluding hydrogens is 569 g/mol. The van der Waals surface area contributed by atoms with Crippen LogP contribution >= 0.6 is 11.3 Å². The highest BCUT2D eigenvalue weighted by molar-refractivity contribution is 7.89. The van der Waals surface area contributed by atoms with Crippen molar-refractivity contribution < 1.29 is 36.3 Å². The molecule has 2 aliphatic rings. The fraction of sp³-hybridized carbons (Fsp3) is 0.462. The number of thiazole rings is 1. The van der Waals surface area contributed by atoms with Gasteiger partial charge in [0.15, 0.2) is 10.0 Å². The van der Waals surface area contributed by atoms with E-state index >= 15 is 0 Å². The molecule has 0 aliphatic heterocycles. The average molecular weight is 597 g/mol. The van der Waals surface area contributed by atoms with Gasteiger partial charge in [0.25, 0.3) is 15.9 Å². The van der Waals surface area contributed by atoms with Crippen LogP contribution in [0.5, 0.6) is 0 Å². The van der Waals surface area contributed by atoms with E-state index in [0.717, 1.165) is 37.5 Å². The van der Waals surface area contributed by atoms with Gasteiger partial charge < -0.3 is 10.4 Å². The van der Waals surface area contributed by atoms with Crippen LogP contribution in [0.25, 0.3) is 21.2 Å². The minimum Gasteiger partial charge on any atom is -0.481 e. The molecule has 2 fully saturated rings. The first-order valence-corrected chi connectivity index (χ1v) is 15.1. The van der Waals surface area contributed by atoms with Crippen molar-refractivity contribution in [3.05, 3.63) is 41.2 Å². The van der Waals surface area contributed by atoms with Gasteiger partial charge in [-0.3, -0.25) is 9.59 Å². The van der Waals surface area contributed by atoms with E-state index in [4.69, 9.17) is 5.11 Å². The van der Waals surface area contributed by atoms with Crippen molar-refractivity contribution in [1.29, 1.82) is 0 Å². The van der Waals surface area contributed by atoms with Crippen LogP contribution in [0.4, 0.5) is 13.2 Å². The molecule has 0 spiro atoms. The lowest BCUT2D eigenvalue weighted by Crippen LogP contribution is -2.46. The summed E-state index contributed by atoms with van der Waals surface area (Å²) in [5.74, 6) is -1.39. The number of benzene rings is 1. The molecule has 0 saturated heterocycles. The van der Waals surface area contributed by atoms with Crippen LogP contribution in [0.2, 0.25) is 0 Å². The van der Waals surface area contributed by atoms with Crippen molar-refractivity contribution in [3.8, 4) is 10.4 Å². The molecule has 14 heteroatoms. The van der Waals surface area contributed by atoms with Gasteiger partial charge in [-0.1, -0.05) is 43.5 Å². The Hall–Kier alpha value is -3.10. The lowest BCUT2D eigenvalue weighted by Gasteiger charge is -2.32. The number of hydrogen-bond donors (Lipinski definition) is 3. The van der Waals surface area contributed by atoms with Gasteiger partial charge in [-0.15, -0.1) is 11.3 Å². The summed E-state index contributed by atoms with van der Waals surface area (Å²) in [7, 11) is -4.62. The Bertz CT molecular complexity index is 1560. The number of rotatable bonds is 9. The zero-order chi connectivity index (χ0) is 28.8. The van der Waals surface area contributed by atoms with Crippen molar-refractivity contribution in [3.63, 3.8) is 0 Å². The van der Waals surface area contributed by atoms with E-state index in [1.165, 1.54) is 12.3 Å². The maximum absolute atomic E-state index is 13.1. The van der Waals surface area contributed by atoms with E-state index in [9.17, 15) is 31.2 Å². The highest BCUT2D eigenvalue weighted by atomic mass is 32.2. The molecule has 2 aliphatic carbocycles.